The van der Waals surface area contributed by atoms with Gasteiger partial charge in [0.25, 0.3) is 0 Å². The molecule has 4 rings (SSSR count). The minimum absolute atomic E-state index is 0.121. The summed E-state index contributed by atoms with van der Waals surface area (Å²) in [6.45, 7) is 1.62. The third-order valence-electron chi connectivity index (χ3n) is 7.14. The van der Waals surface area contributed by atoms with Gasteiger partial charge in [0.1, 0.15) is 6.04 Å². The minimum atomic E-state index is -0.901. The van der Waals surface area contributed by atoms with E-state index in [1.54, 1.807) is 31.3 Å². The van der Waals surface area contributed by atoms with Gasteiger partial charge in [0, 0.05) is 23.7 Å². The molecule has 1 heterocycles. The standard InChI is InChI=1S/C27H30ClN3O4/c1-3-16-9-14-20-23(22(16)25(33)29-2)27(35)31(21(15-32)17-7-5-4-6-8-17)24(20)26(34)30-19-12-10-18(28)11-13-19/h4-14,16,20-24,32H,3,15H2,1-2H3,(H,29,33)(H,30,34)/t16-,20+,21-,22-,23+,24+/m1/s1. The summed E-state index contributed by atoms with van der Waals surface area (Å²) in [7, 11) is 1.56. The molecule has 1 saturated heterocycles. The lowest BCUT2D eigenvalue weighted by Gasteiger charge is -2.34. The second-order valence-corrected chi connectivity index (χ2v) is 9.43. The summed E-state index contributed by atoms with van der Waals surface area (Å²) in [5, 5.41) is 16.5. The van der Waals surface area contributed by atoms with E-state index in [4.69, 9.17) is 11.6 Å². The van der Waals surface area contributed by atoms with E-state index < -0.39 is 29.8 Å². The molecule has 3 amide bonds. The Bertz CT molecular complexity index is 1110. The topological polar surface area (TPSA) is 98.7 Å². The van der Waals surface area contributed by atoms with Crippen LogP contribution in [0.25, 0.3) is 0 Å². The van der Waals surface area contributed by atoms with Crippen molar-refractivity contribution in [3.05, 3.63) is 77.3 Å². The smallest absolute Gasteiger partial charge is 0.247 e. The number of fused-ring (bicyclic) bond motifs is 1. The highest BCUT2D eigenvalue weighted by molar-refractivity contribution is 6.30. The molecule has 0 bridgehead atoms. The van der Waals surface area contributed by atoms with Crippen LogP contribution in [0.1, 0.15) is 24.9 Å². The number of hydrogen-bond acceptors (Lipinski definition) is 4. The quantitative estimate of drug-likeness (QED) is 0.512. The summed E-state index contributed by atoms with van der Waals surface area (Å²) in [6.07, 6.45) is 4.55. The van der Waals surface area contributed by atoms with Crippen LogP contribution in [0.4, 0.5) is 5.69 Å². The number of halogens is 1. The summed E-state index contributed by atoms with van der Waals surface area (Å²) >= 11 is 5.98. The van der Waals surface area contributed by atoms with Gasteiger partial charge >= 0.3 is 0 Å². The first-order valence-electron chi connectivity index (χ1n) is 11.9. The Morgan fingerprint density at radius 3 is 2.34 bits per heavy atom. The summed E-state index contributed by atoms with van der Waals surface area (Å²) in [4.78, 5) is 42.2. The number of amides is 3. The van der Waals surface area contributed by atoms with Crippen LogP contribution < -0.4 is 10.6 Å². The molecule has 0 aromatic heterocycles. The van der Waals surface area contributed by atoms with Gasteiger partial charge in [-0.1, -0.05) is 61.0 Å². The lowest BCUT2D eigenvalue weighted by atomic mass is 9.69. The normalized spacial score (nSPS) is 26.2. The van der Waals surface area contributed by atoms with E-state index in [0.29, 0.717) is 17.1 Å². The predicted octanol–water partition coefficient (Wildman–Crippen LogP) is 3.41. The number of aliphatic hydroxyl groups is 1. The van der Waals surface area contributed by atoms with Gasteiger partial charge in [-0.05, 0) is 42.2 Å². The van der Waals surface area contributed by atoms with Gasteiger partial charge in [-0.2, -0.15) is 0 Å². The van der Waals surface area contributed by atoms with Crippen molar-refractivity contribution in [1.82, 2.24) is 10.2 Å². The van der Waals surface area contributed by atoms with E-state index >= 15 is 0 Å². The lowest BCUT2D eigenvalue weighted by molar-refractivity contribution is -0.143. The van der Waals surface area contributed by atoms with Crippen LogP contribution in [-0.2, 0) is 14.4 Å². The number of aliphatic hydroxyl groups excluding tert-OH is 1. The molecule has 8 heteroatoms. The highest BCUT2D eigenvalue weighted by Gasteiger charge is 2.58. The molecule has 2 aliphatic rings. The third-order valence-corrected chi connectivity index (χ3v) is 7.39. The third kappa shape index (κ3) is 4.70. The number of benzene rings is 2. The van der Waals surface area contributed by atoms with Gasteiger partial charge in [0.15, 0.2) is 0 Å². The molecule has 1 aliphatic heterocycles. The molecule has 2 aromatic rings. The van der Waals surface area contributed by atoms with Gasteiger partial charge in [0.2, 0.25) is 17.7 Å². The molecule has 1 fully saturated rings. The highest BCUT2D eigenvalue weighted by atomic mass is 35.5. The minimum Gasteiger partial charge on any atom is -0.394 e. The molecular formula is C27H30ClN3O4. The number of allylic oxidation sites excluding steroid dienone is 1. The van der Waals surface area contributed by atoms with Crippen molar-refractivity contribution in [2.75, 3.05) is 19.0 Å². The van der Waals surface area contributed by atoms with E-state index in [1.807, 2.05) is 49.4 Å². The molecule has 6 atom stereocenters. The first-order valence-corrected chi connectivity index (χ1v) is 12.2. The van der Waals surface area contributed by atoms with Crippen molar-refractivity contribution in [3.8, 4) is 0 Å². The molecule has 0 radical (unpaired) electrons. The molecule has 2 aromatic carbocycles. The van der Waals surface area contributed by atoms with Crippen molar-refractivity contribution >= 4 is 35.0 Å². The van der Waals surface area contributed by atoms with Crippen molar-refractivity contribution < 1.29 is 19.5 Å². The van der Waals surface area contributed by atoms with Crippen LogP contribution in [0.2, 0.25) is 5.02 Å². The predicted molar refractivity (Wildman–Crippen MR) is 134 cm³/mol. The molecule has 0 spiro atoms. The number of anilines is 1. The molecule has 0 saturated carbocycles. The molecule has 0 unspecified atom stereocenters. The first-order chi connectivity index (χ1) is 16.9. The van der Waals surface area contributed by atoms with Crippen molar-refractivity contribution in [2.24, 2.45) is 23.7 Å². The molecular weight excluding hydrogens is 466 g/mol. The van der Waals surface area contributed by atoms with Crippen LogP contribution in [0, 0.1) is 23.7 Å². The Balaban J connectivity index is 1.78. The van der Waals surface area contributed by atoms with Crippen molar-refractivity contribution in [2.45, 2.75) is 25.4 Å². The van der Waals surface area contributed by atoms with E-state index in [0.717, 1.165) is 5.56 Å². The molecule has 35 heavy (non-hydrogen) atoms. The van der Waals surface area contributed by atoms with Crippen LogP contribution in [0.15, 0.2) is 66.7 Å². The number of carbonyl (C=O) groups is 3. The zero-order chi connectivity index (χ0) is 25.1. The van der Waals surface area contributed by atoms with E-state index in [1.165, 1.54) is 4.90 Å². The number of carbonyl (C=O) groups excluding carboxylic acids is 3. The zero-order valence-corrected chi connectivity index (χ0v) is 20.5. The van der Waals surface area contributed by atoms with Gasteiger partial charge in [0.05, 0.1) is 24.5 Å². The van der Waals surface area contributed by atoms with Crippen molar-refractivity contribution in [1.29, 1.82) is 0 Å². The molecule has 3 N–H and O–H groups in total. The maximum absolute atomic E-state index is 14.0. The van der Waals surface area contributed by atoms with Crippen LogP contribution in [0.3, 0.4) is 0 Å². The van der Waals surface area contributed by atoms with Crippen molar-refractivity contribution in [3.63, 3.8) is 0 Å². The second-order valence-electron chi connectivity index (χ2n) is 9.00. The Hall–Kier alpha value is -3.16. The Labute approximate surface area is 210 Å². The van der Waals surface area contributed by atoms with E-state index in [2.05, 4.69) is 10.6 Å². The summed E-state index contributed by atoms with van der Waals surface area (Å²) in [5.41, 5.74) is 1.27. The molecule has 184 valence electrons. The van der Waals surface area contributed by atoms with Gasteiger partial charge < -0.3 is 20.6 Å². The second kappa shape index (κ2) is 10.6. The van der Waals surface area contributed by atoms with Gasteiger partial charge in [-0.3, -0.25) is 14.4 Å². The van der Waals surface area contributed by atoms with Crippen LogP contribution >= 0.6 is 11.6 Å². The first kappa shape index (κ1) is 24.9. The largest absolute Gasteiger partial charge is 0.394 e. The summed E-state index contributed by atoms with van der Waals surface area (Å²) in [6, 6.07) is 14.3. The van der Waals surface area contributed by atoms with Crippen LogP contribution in [0.5, 0.6) is 0 Å². The number of nitrogens with zero attached hydrogens (tertiary/aromatic N) is 1. The van der Waals surface area contributed by atoms with E-state index in [9.17, 15) is 19.5 Å². The van der Waals surface area contributed by atoms with E-state index in [-0.39, 0.29) is 30.2 Å². The highest BCUT2D eigenvalue weighted by Crippen LogP contribution is 2.47. The Morgan fingerprint density at radius 1 is 1.06 bits per heavy atom. The average Bonchev–Trinajstić information content (AvgIpc) is 3.17. The SMILES string of the molecule is CC[C@@H]1C=C[C@H]2[C@H](C(=O)N([C@H](CO)c3ccccc3)[C@@H]2C(=O)Nc2ccc(Cl)cc2)[C@@H]1C(=O)NC. The number of nitrogens with one attached hydrogen (secondary N) is 2. The average molecular weight is 496 g/mol. The fourth-order valence-electron chi connectivity index (χ4n) is 5.47. The van der Waals surface area contributed by atoms with Gasteiger partial charge in [-0.25, -0.2) is 0 Å². The Kier molecular flexibility index (Phi) is 7.57. The maximum Gasteiger partial charge on any atom is 0.247 e. The number of likely N-dealkylation sites (tertiary alicyclic amines) is 1. The fraction of sp³-hybridized carbons (Fsp3) is 0.370. The summed E-state index contributed by atoms with van der Waals surface area (Å²) < 4.78 is 0. The fourth-order valence-corrected chi connectivity index (χ4v) is 5.60. The lowest BCUT2D eigenvalue weighted by Crippen LogP contribution is -2.46. The molecule has 1 aliphatic carbocycles. The van der Waals surface area contributed by atoms with Crippen LogP contribution in [-0.4, -0.2) is 47.4 Å². The number of rotatable bonds is 7. The Morgan fingerprint density at radius 2 is 1.74 bits per heavy atom. The summed E-state index contributed by atoms with van der Waals surface area (Å²) in [5.74, 6) is -2.84. The van der Waals surface area contributed by atoms with Gasteiger partial charge in [-0.15, -0.1) is 0 Å². The monoisotopic (exact) mass is 495 g/mol. The maximum atomic E-state index is 14.0. The zero-order valence-electron chi connectivity index (χ0n) is 19.7. The number of hydrogen-bond donors (Lipinski definition) is 3. The molecule has 7 nitrogen and oxygen atoms in total.